The molecule has 0 fully saturated rings. The number of benzene rings is 2. The van der Waals surface area contributed by atoms with Crippen molar-refractivity contribution in [1.82, 2.24) is 4.90 Å². The molecule has 0 aliphatic heterocycles. The molecule has 0 heterocycles. The second kappa shape index (κ2) is 9.10. The zero-order chi connectivity index (χ0) is 20.9. The molecule has 0 aromatic heterocycles. The van der Waals surface area contributed by atoms with Gasteiger partial charge in [0.2, 0.25) is 15.9 Å². The normalized spacial score (nSPS) is 12.3. The molecule has 6 nitrogen and oxygen atoms in total. The molecule has 0 N–H and O–H groups in total. The number of hydrogen-bond acceptors (Lipinski definition) is 4. The second-order valence-electron chi connectivity index (χ2n) is 6.82. The van der Waals surface area contributed by atoms with Gasteiger partial charge in [0, 0.05) is 19.2 Å². The first-order valence-electron chi connectivity index (χ1n) is 9.12. The van der Waals surface area contributed by atoms with Crippen LogP contribution in [-0.4, -0.2) is 45.7 Å². The van der Waals surface area contributed by atoms with Gasteiger partial charge in [-0.1, -0.05) is 42.8 Å². The number of ether oxygens (including phenoxy) is 1. The lowest BCUT2D eigenvalue weighted by atomic mass is 10.1. The number of hydrogen-bond donors (Lipinski definition) is 0. The maximum atomic E-state index is 13.2. The molecule has 28 heavy (non-hydrogen) atoms. The lowest BCUT2D eigenvalue weighted by Gasteiger charge is -2.33. The lowest BCUT2D eigenvalue weighted by Crippen LogP contribution is -2.49. The molecule has 0 unspecified atom stereocenters. The molecular weight excluding hydrogens is 376 g/mol. The number of amides is 1. The van der Waals surface area contributed by atoms with Crippen LogP contribution < -0.4 is 9.04 Å². The summed E-state index contributed by atoms with van der Waals surface area (Å²) in [6, 6.07) is 13.8. The van der Waals surface area contributed by atoms with Gasteiger partial charge < -0.3 is 9.64 Å². The van der Waals surface area contributed by atoms with Crippen molar-refractivity contribution in [3.8, 4) is 5.75 Å². The van der Waals surface area contributed by atoms with E-state index in [1.165, 1.54) is 4.31 Å². The highest BCUT2D eigenvalue weighted by molar-refractivity contribution is 7.92. The van der Waals surface area contributed by atoms with Crippen molar-refractivity contribution in [2.45, 2.75) is 32.9 Å². The van der Waals surface area contributed by atoms with Crippen molar-refractivity contribution in [3.05, 3.63) is 59.7 Å². The molecule has 2 aromatic carbocycles. The quantitative estimate of drug-likeness (QED) is 0.678. The Morgan fingerprint density at radius 1 is 1.11 bits per heavy atom. The lowest BCUT2D eigenvalue weighted by molar-refractivity contribution is -0.131. The van der Waals surface area contributed by atoms with E-state index in [0.29, 0.717) is 24.4 Å². The molecule has 2 rings (SSSR count). The summed E-state index contributed by atoms with van der Waals surface area (Å²) >= 11 is 0. The van der Waals surface area contributed by atoms with E-state index < -0.39 is 16.1 Å². The van der Waals surface area contributed by atoms with E-state index in [-0.39, 0.29) is 5.91 Å². The number of para-hydroxylation sites is 1. The van der Waals surface area contributed by atoms with Crippen molar-refractivity contribution in [1.29, 1.82) is 0 Å². The monoisotopic (exact) mass is 404 g/mol. The molecule has 2 aromatic rings. The fourth-order valence-electron chi connectivity index (χ4n) is 3.16. The Kier molecular flexibility index (Phi) is 7.07. The average Bonchev–Trinajstić information content (AvgIpc) is 2.66. The summed E-state index contributed by atoms with van der Waals surface area (Å²) in [4.78, 5) is 14.7. The van der Waals surface area contributed by atoms with Crippen LogP contribution in [0.2, 0.25) is 0 Å². The van der Waals surface area contributed by atoms with Gasteiger partial charge in [0.25, 0.3) is 0 Å². The van der Waals surface area contributed by atoms with Gasteiger partial charge in [-0.25, -0.2) is 8.42 Å². The van der Waals surface area contributed by atoms with Crippen LogP contribution in [-0.2, 0) is 21.4 Å². The highest BCUT2D eigenvalue weighted by atomic mass is 32.2. The largest absolute Gasteiger partial charge is 0.496 e. The van der Waals surface area contributed by atoms with E-state index in [9.17, 15) is 13.2 Å². The number of sulfonamides is 1. The number of likely N-dealkylation sites (N-methyl/N-ethyl adjacent to an activating group) is 1. The molecule has 0 spiro atoms. The summed E-state index contributed by atoms with van der Waals surface area (Å²) < 4.78 is 31.6. The van der Waals surface area contributed by atoms with E-state index in [4.69, 9.17) is 4.74 Å². The summed E-state index contributed by atoms with van der Waals surface area (Å²) in [6.45, 7) is 4.06. The van der Waals surface area contributed by atoms with Gasteiger partial charge in [0.05, 0.1) is 19.1 Å². The second-order valence-corrected chi connectivity index (χ2v) is 8.68. The van der Waals surface area contributed by atoms with Crippen molar-refractivity contribution in [2.75, 3.05) is 24.7 Å². The van der Waals surface area contributed by atoms with Gasteiger partial charge in [-0.05, 0) is 31.5 Å². The predicted octanol–water partition coefficient (Wildman–Crippen LogP) is 3.21. The first kappa shape index (κ1) is 21.8. The van der Waals surface area contributed by atoms with E-state index in [1.807, 2.05) is 50.2 Å². The third kappa shape index (κ3) is 5.04. The summed E-state index contributed by atoms with van der Waals surface area (Å²) in [7, 11) is -0.390. The molecule has 7 heteroatoms. The molecule has 1 atom stereocenters. The third-order valence-corrected chi connectivity index (χ3v) is 5.76. The molecule has 0 aliphatic rings. The van der Waals surface area contributed by atoms with E-state index in [2.05, 4.69) is 0 Å². The van der Waals surface area contributed by atoms with Crippen molar-refractivity contribution in [2.24, 2.45) is 0 Å². The number of rotatable bonds is 8. The van der Waals surface area contributed by atoms with Gasteiger partial charge in [0.15, 0.2) is 0 Å². The third-order valence-electron chi connectivity index (χ3n) is 4.58. The number of nitrogens with zero attached hydrogens (tertiary/aromatic N) is 2. The average molecular weight is 405 g/mol. The minimum absolute atomic E-state index is 0.264. The van der Waals surface area contributed by atoms with Crippen LogP contribution in [0.25, 0.3) is 0 Å². The number of carbonyl (C=O) groups is 1. The van der Waals surface area contributed by atoms with Crippen LogP contribution in [0.5, 0.6) is 5.75 Å². The minimum atomic E-state index is -3.65. The Morgan fingerprint density at radius 3 is 2.25 bits per heavy atom. The number of aryl methyl sites for hydroxylation is 1. The zero-order valence-electron chi connectivity index (χ0n) is 17.0. The number of anilines is 1. The summed E-state index contributed by atoms with van der Waals surface area (Å²) in [6.07, 6.45) is 1.49. The Bertz CT molecular complexity index is 910. The van der Waals surface area contributed by atoms with E-state index in [1.54, 1.807) is 31.2 Å². The van der Waals surface area contributed by atoms with Crippen LogP contribution in [0, 0.1) is 6.92 Å². The maximum Gasteiger partial charge on any atom is 0.246 e. The fourth-order valence-corrected chi connectivity index (χ4v) is 4.36. The number of methoxy groups -OCH3 is 1. The van der Waals surface area contributed by atoms with Crippen LogP contribution in [0.3, 0.4) is 0 Å². The van der Waals surface area contributed by atoms with E-state index in [0.717, 1.165) is 17.4 Å². The molecule has 1 amide bonds. The molecule has 0 bridgehead atoms. The molecule has 152 valence electrons. The van der Waals surface area contributed by atoms with Gasteiger partial charge in [-0.3, -0.25) is 9.10 Å². The Labute approximate surface area is 167 Å². The minimum Gasteiger partial charge on any atom is -0.496 e. The smallest absolute Gasteiger partial charge is 0.246 e. The van der Waals surface area contributed by atoms with Gasteiger partial charge in [0.1, 0.15) is 11.8 Å². The number of carbonyl (C=O) groups excluding carboxylic acids is 1. The van der Waals surface area contributed by atoms with Crippen molar-refractivity contribution in [3.63, 3.8) is 0 Å². The summed E-state index contributed by atoms with van der Waals surface area (Å²) in [5.41, 5.74) is 2.36. The molecule has 0 saturated heterocycles. The Balaban J connectivity index is 2.34. The highest BCUT2D eigenvalue weighted by Crippen LogP contribution is 2.25. The summed E-state index contributed by atoms with van der Waals surface area (Å²) in [5, 5.41) is 0. The first-order chi connectivity index (χ1) is 13.2. The highest BCUT2D eigenvalue weighted by Gasteiger charge is 2.33. The van der Waals surface area contributed by atoms with Crippen molar-refractivity contribution >= 4 is 21.6 Å². The zero-order valence-corrected chi connectivity index (χ0v) is 17.9. The van der Waals surface area contributed by atoms with Gasteiger partial charge >= 0.3 is 0 Å². The maximum absolute atomic E-state index is 13.2. The summed E-state index contributed by atoms with van der Waals surface area (Å²) in [5.74, 6) is 0.424. The molecular formula is C21H28N2O4S. The van der Waals surface area contributed by atoms with Gasteiger partial charge in [-0.2, -0.15) is 0 Å². The van der Waals surface area contributed by atoms with Crippen molar-refractivity contribution < 1.29 is 17.9 Å². The first-order valence-corrected chi connectivity index (χ1v) is 11.0. The van der Waals surface area contributed by atoms with Gasteiger partial charge in [-0.15, -0.1) is 0 Å². The SMILES string of the molecule is CC[C@@H](C(=O)N(C)Cc1ccccc1OC)N(c1ccc(C)cc1)S(C)(=O)=O. The van der Waals surface area contributed by atoms with Crippen LogP contribution in [0.15, 0.2) is 48.5 Å². The van der Waals surface area contributed by atoms with Crippen LogP contribution in [0.4, 0.5) is 5.69 Å². The molecule has 0 saturated carbocycles. The fraction of sp³-hybridized carbons (Fsp3) is 0.381. The Hall–Kier alpha value is -2.54. The van der Waals surface area contributed by atoms with Crippen LogP contribution >= 0.6 is 0 Å². The van der Waals surface area contributed by atoms with E-state index >= 15 is 0 Å². The molecule has 0 radical (unpaired) electrons. The van der Waals surface area contributed by atoms with Crippen LogP contribution in [0.1, 0.15) is 24.5 Å². The Morgan fingerprint density at radius 2 is 1.71 bits per heavy atom. The predicted molar refractivity (Wildman–Crippen MR) is 112 cm³/mol. The standard InChI is InChI=1S/C21H28N2O4S/c1-6-19(23(28(5,25)26)18-13-11-16(2)12-14-18)21(24)22(3)15-17-9-7-8-10-20(17)27-4/h7-14,19H,6,15H2,1-5H3/t19-/m0/s1. The molecule has 0 aliphatic carbocycles. The topological polar surface area (TPSA) is 66.9 Å².